The van der Waals surface area contributed by atoms with Crippen molar-refractivity contribution in [2.45, 2.75) is 59.4 Å². The molecule has 0 atom stereocenters. The van der Waals surface area contributed by atoms with Crippen LogP contribution in [0.4, 0.5) is 4.79 Å². The largest absolute Gasteiger partial charge is 0.494 e. The summed E-state index contributed by atoms with van der Waals surface area (Å²) in [4.78, 5) is 27.2. The number of nitrogens with two attached hydrogens (primary N) is 1. The number of ether oxygens (including phenoxy) is 1. The number of primary amides is 1. The molecule has 0 saturated heterocycles. The molecule has 2 aromatic carbocycles. The van der Waals surface area contributed by atoms with Gasteiger partial charge in [-0.3, -0.25) is 9.78 Å². The van der Waals surface area contributed by atoms with Crippen LogP contribution in [0.5, 0.6) is 5.75 Å². The number of carboxylic acid groups (broad SMARTS) is 1. The molecule has 1 aromatic heterocycles. The number of carbonyl (C=O) groups is 2. The van der Waals surface area contributed by atoms with E-state index in [4.69, 9.17) is 15.5 Å². The summed E-state index contributed by atoms with van der Waals surface area (Å²) in [5.41, 5.74) is 11.0. The lowest BCUT2D eigenvalue weighted by molar-refractivity contribution is -0.118. The molecule has 186 valence electrons. The van der Waals surface area contributed by atoms with Crippen molar-refractivity contribution in [1.82, 2.24) is 10.3 Å². The lowest BCUT2D eigenvalue weighted by atomic mass is 9.91. The average molecular weight is 478 g/mol. The minimum absolute atomic E-state index is 0.175. The number of carbonyl (C=O) groups excluding carboxylic acids is 1. The highest BCUT2D eigenvalue weighted by molar-refractivity contribution is 5.97. The maximum Gasteiger partial charge on any atom is 0.404 e. The Bertz CT molecular complexity index is 1170. The molecule has 7 heteroatoms. The van der Waals surface area contributed by atoms with Gasteiger partial charge in [-0.15, -0.1) is 0 Å². The summed E-state index contributed by atoms with van der Waals surface area (Å²) in [6.07, 6.45) is 2.54. The van der Waals surface area contributed by atoms with Crippen molar-refractivity contribution < 1.29 is 19.4 Å². The Morgan fingerprint density at radius 3 is 2.49 bits per heavy atom. The van der Waals surface area contributed by atoms with Crippen molar-refractivity contribution in [3.05, 3.63) is 59.3 Å². The van der Waals surface area contributed by atoms with Crippen LogP contribution in [0.3, 0.4) is 0 Å². The van der Waals surface area contributed by atoms with Crippen molar-refractivity contribution in [2.75, 3.05) is 6.61 Å². The van der Waals surface area contributed by atoms with Gasteiger partial charge in [0.25, 0.3) is 0 Å². The number of nitrogens with zero attached hydrogens (tertiary/aromatic N) is 1. The summed E-state index contributed by atoms with van der Waals surface area (Å²) in [5, 5.41) is 12.8. The van der Waals surface area contributed by atoms with E-state index in [0.717, 1.165) is 70.3 Å². The van der Waals surface area contributed by atoms with Gasteiger partial charge >= 0.3 is 6.09 Å². The van der Waals surface area contributed by atoms with Crippen LogP contribution >= 0.6 is 0 Å². The number of hydrogen-bond acceptors (Lipinski definition) is 4. The lowest BCUT2D eigenvalue weighted by Gasteiger charge is -2.19. The maximum absolute atomic E-state index is 11.4. The third-order valence-corrected chi connectivity index (χ3v) is 5.84. The summed E-state index contributed by atoms with van der Waals surface area (Å²) in [6, 6.07) is 14.1. The third kappa shape index (κ3) is 7.44. The first-order valence-corrected chi connectivity index (χ1v) is 12.1. The zero-order valence-electron chi connectivity index (χ0n) is 20.8. The minimum Gasteiger partial charge on any atom is -0.494 e. The first kappa shape index (κ1) is 26.0. The summed E-state index contributed by atoms with van der Waals surface area (Å²) < 4.78 is 6.01. The highest BCUT2D eigenvalue weighted by Crippen LogP contribution is 2.36. The van der Waals surface area contributed by atoms with E-state index in [-0.39, 0.29) is 12.5 Å². The Labute approximate surface area is 206 Å². The predicted molar refractivity (Wildman–Crippen MR) is 138 cm³/mol. The Hall–Kier alpha value is -3.61. The van der Waals surface area contributed by atoms with Gasteiger partial charge in [-0.2, -0.15) is 0 Å². The van der Waals surface area contributed by atoms with Gasteiger partial charge in [0.1, 0.15) is 5.75 Å². The second-order valence-electron chi connectivity index (χ2n) is 9.34. The fourth-order valence-corrected chi connectivity index (χ4v) is 4.15. The quantitative estimate of drug-likeness (QED) is 0.294. The van der Waals surface area contributed by atoms with Crippen molar-refractivity contribution in [3.63, 3.8) is 0 Å². The predicted octanol–water partition coefficient (Wildman–Crippen LogP) is 5.60. The molecule has 0 spiro atoms. The van der Waals surface area contributed by atoms with E-state index in [2.05, 4.69) is 43.4 Å². The summed E-state index contributed by atoms with van der Waals surface area (Å²) in [5.74, 6) is 0.824. The molecule has 0 aliphatic carbocycles. The van der Waals surface area contributed by atoms with E-state index >= 15 is 0 Å². The van der Waals surface area contributed by atoms with Crippen LogP contribution in [0.1, 0.15) is 56.4 Å². The van der Waals surface area contributed by atoms with E-state index in [1.165, 1.54) is 0 Å². The molecule has 0 radical (unpaired) electrons. The monoisotopic (exact) mass is 477 g/mol. The molecule has 1 heterocycles. The SMILES string of the molecule is Cc1ccc(-c2c(CNC(=O)O)c(CC(C)C)nc3ccc(OCCCCCC(N)=O)cc23)cc1. The fourth-order valence-electron chi connectivity index (χ4n) is 4.15. The van der Waals surface area contributed by atoms with Gasteiger partial charge in [0.15, 0.2) is 0 Å². The van der Waals surface area contributed by atoms with Crippen molar-refractivity contribution in [2.24, 2.45) is 11.7 Å². The zero-order chi connectivity index (χ0) is 25.4. The average Bonchev–Trinajstić information content (AvgIpc) is 2.79. The molecule has 3 rings (SSSR count). The van der Waals surface area contributed by atoms with Crippen molar-refractivity contribution in [1.29, 1.82) is 0 Å². The van der Waals surface area contributed by atoms with Gasteiger partial charge < -0.3 is 20.9 Å². The molecule has 0 aliphatic rings. The maximum atomic E-state index is 11.4. The molecule has 0 aliphatic heterocycles. The van der Waals surface area contributed by atoms with Crippen LogP contribution in [0.25, 0.3) is 22.0 Å². The van der Waals surface area contributed by atoms with E-state index in [1.54, 1.807) is 0 Å². The Balaban J connectivity index is 2.02. The van der Waals surface area contributed by atoms with E-state index in [9.17, 15) is 14.7 Å². The molecule has 4 N–H and O–H groups in total. The number of aromatic nitrogens is 1. The molecule has 0 saturated carbocycles. The summed E-state index contributed by atoms with van der Waals surface area (Å²) in [6.45, 7) is 7.02. The molecule has 0 fully saturated rings. The Morgan fingerprint density at radius 1 is 1.09 bits per heavy atom. The number of pyridine rings is 1. The Kier molecular flexibility index (Phi) is 9.06. The number of nitrogens with one attached hydrogen (secondary N) is 1. The van der Waals surface area contributed by atoms with Crippen LogP contribution < -0.4 is 15.8 Å². The van der Waals surface area contributed by atoms with Gasteiger partial charge in [0, 0.05) is 29.6 Å². The zero-order valence-corrected chi connectivity index (χ0v) is 20.8. The molecule has 0 unspecified atom stereocenters. The van der Waals surface area contributed by atoms with Gasteiger partial charge in [0.05, 0.1) is 12.1 Å². The molecule has 3 aromatic rings. The van der Waals surface area contributed by atoms with Crippen molar-refractivity contribution >= 4 is 22.9 Å². The second kappa shape index (κ2) is 12.2. The van der Waals surface area contributed by atoms with E-state index < -0.39 is 6.09 Å². The Morgan fingerprint density at radius 2 is 1.83 bits per heavy atom. The normalized spacial score (nSPS) is 11.1. The molecular formula is C28H35N3O4. The van der Waals surface area contributed by atoms with Gasteiger partial charge in [0.2, 0.25) is 5.91 Å². The number of aryl methyl sites for hydroxylation is 1. The third-order valence-electron chi connectivity index (χ3n) is 5.84. The van der Waals surface area contributed by atoms with Crippen LogP contribution in [0.15, 0.2) is 42.5 Å². The topological polar surface area (TPSA) is 115 Å². The molecule has 7 nitrogen and oxygen atoms in total. The van der Waals surface area contributed by atoms with E-state index in [1.807, 2.05) is 25.1 Å². The smallest absolute Gasteiger partial charge is 0.404 e. The minimum atomic E-state index is -1.07. The van der Waals surface area contributed by atoms with Gasteiger partial charge in [-0.25, -0.2) is 4.79 Å². The number of hydrogen-bond donors (Lipinski definition) is 3. The highest BCUT2D eigenvalue weighted by Gasteiger charge is 2.19. The summed E-state index contributed by atoms with van der Waals surface area (Å²) in [7, 11) is 0. The van der Waals surface area contributed by atoms with Crippen molar-refractivity contribution in [3.8, 4) is 16.9 Å². The lowest BCUT2D eigenvalue weighted by Crippen LogP contribution is -2.22. The number of benzene rings is 2. The molecule has 2 amide bonds. The van der Waals surface area contributed by atoms with Crippen LogP contribution in [0, 0.1) is 12.8 Å². The van der Waals surface area contributed by atoms with E-state index in [0.29, 0.717) is 18.9 Å². The van der Waals surface area contributed by atoms with Gasteiger partial charge in [-0.05, 0) is 67.9 Å². The number of amides is 2. The van der Waals surface area contributed by atoms with Gasteiger partial charge in [-0.1, -0.05) is 43.7 Å². The highest BCUT2D eigenvalue weighted by atomic mass is 16.5. The number of rotatable bonds is 12. The molecular weight excluding hydrogens is 442 g/mol. The van der Waals surface area contributed by atoms with Crippen LogP contribution in [-0.2, 0) is 17.8 Å². The first-order chi connectivity index (χ1) is 16.7. The fraction of sp³-hybridized carbons (Fsp3) is 0.393. The molecule has 35 heavy (non-hydrogen) atoms. The second-order valence-corrected chi connectivity index (χ2v) is 9.34. The van der Waals surface area contributed by atoms with Crippen LogP contribution in [0.2, 0.25) is 0 Å². The summed E-state index contributed by atoms with van der Waals surface area (Å²) >= 11 is 0. The van der Waals surface area contributed by atoms with Crippen LogP contribution in [-0.4, -0.2) is 28.7 Å². The standard InChI is InChI=1S/C28H35N3O4/c1-18(2)15-25-23(17-30-28(33)34)27(20-10-8-19(3)9-11-20)22-16-21(12-13-24(22)31-25)35-14-6-4-5-7-26(29)32/h8-13,16,18,30H,4-7,14-15,17H2,1-3H3,(H2,29,32)(H,33,34). The molecule has 0 bridgehead atoms. The first-order valence-electron chi connectivity index (χ1n) is 12.1. The number of unbranched alkanes of at least 4 members (excludes halogenated alkanes) is 2. The number of fused-ring (bicyclic) bond motifs is 1.